The summed E-state index contributed by atoms with van der Waals surface area (Å²) in [5.74, 6) is -1.50. The van der Waals surface area contributed by atoms with Crippen LogP contribution >= 0.6 is 0 Å². The number of hydrogen-bond acceptors (Lipinski definition) is 7. The fourth-order valence-electron chi connectivity index (χ4n) is 4.87. The SMILES string of the molecule is COc1nc2c(Oc3ccc(NC(=O)c4cn(C(C)C)cc(-c5ccc(F)cc5)c4=O)cc3F)ccnc2cc1-c1cccnc1. The first-order chi connectivity index (χ1) is 22.2. The highest BCUT2D eigenvalue weighted by molar-refractivity contribution is 6.04. The lowest BCUT2D eigenvalue weighted by atomic mass is 10.0. The van der Waals surface area contributed by atoms with Crippen LogP contribution in [0.4, 0.5) is 14.5 Å². The van der Waals surface area contributed by atoms with Gasteiger partial charge in [-0.1, -0.05) is 18.2 Å². The first-order valence-corrected chi connectivity index (χ1v) is 14.3. The lowest BCUT2D eigenvalue weighted by Gasteiger charge is -2.16. The molecule has 0 saturated heterocycles. The number of pyridine rings is 4. The number of halogens is 2. The maximum Gasteiger partial charge on any atom is 0.261 e. The van der Waals surface area contributed by atoms with Crippen molar-refractivity contribution in [3.63, 3.8) is 0 Å². The molecule has 0 radical (unpaired) electrons. The fraction of sp³-hybridized carbons (Fsp3) is 0.114. The quantitative estimate of drug-likeness (QED) is 0.189. The Morgan fingerprint density at radius 1 is 0.913 bits per heavy atom. The standard InChI is InChI=1S/C35H27F2N5O4/c1-20(2)42-18-26(21-6-8-23(36)9-7-21)33(43)27(19-42)34(44)40-24-10-11-30(28(37)15-24)46-31-12-14-39-29-16-25(22-5-4-13-38-17-22)35(45-3)41-32(29)31/h4-20H,1-3H3,(H,40,44). The van der Waals surface area contributed by atoms with Crippen LogP contribution in [0.3, 0.4) is 0 Å². The number of carbonyl (C=O) groups is 1. The van der Waals surface area contributed by atoms with E-state index in [1.165, 1.54) is 55.9 Å². The summed E-state index contributed by atoms with van der Waals surface area (Å²) in [4.78, 5) is 39.8. The average Bonchev–Trinajstić information content (AvgIpc) is 3.06. The van der Waals surface area contributed by atoms with Crippen molar-refractivity contribution in [1.29, 1.82) is 0 Å². The van der Waals surface area contributed by atoms with Crippen molar-refractivity contribution in [2.24, 2.45) is 0 Å². The molecule has 0 fully saturated rings. The molecule has 9 nitrogen and oxygen atoms in total. The van der Waals surface area contributed by atoms with Crippen molar-refractivity contribution in [3.05, 3.63) is 125 Å². The zero-order chi connectivity index (χ0) is 32.4. The van der Waals surface area contributed by atoms with E-state index in [4.69, 9.17) is 9.47 Å². The van der Waals surface area contributed by atoms with Crippen molar-refractivity contribution in [2.75, 3.05) is 12.4 Å². The highest BCUT2D eigenvalue weighted by atomic mass is 19.1. The largest absolute Gasteiger partial charge is 0.481 e. The molecule has 1 amide bonds. The van der Waals surface area contributed by atoms with Crippen LogP contribution in [0.1, 0.15) is 30.2 Å². The lowest BCUT2D eigenvalue weighted by molar-refractivity contribution is 0.102. The van der Waals surface area contributed by atoms with Crippen molar-refractivity contribution in [3.8, 4) is 39.6 Å². The van der Waals surface area contributed by atoms with Gasteiger partial charge in [0.05, 0.1) is 12.6 Å². The zero-order valence-corrected chi connectivity index (χ0v) is 25.0. The Morgan fingerprint density at radius 3 is 2.41 bits per heavy atom. The Labute approximate surface area is 262 Å². The number of anilines is 1. The topological polar surface area (TPSA) is 108 Å². The molecule has 46 heavy (non-hydrogen) atoms. The van der Waals surface area contributed by atoms with Crippen LogP contribution in [0.2, 0.25) is 0 Å². The number of nitrogens with one attached hydrogen (secondary N) is 1. The molecule has 0 spiro atoms. The molecule has 6 rings (SSSR count). The summed E-state index contributed by atoms with van der Waals surface area (Å²) in [6.07, 6.45) is 7.93. The van der Waals surface area contributed by atoms with Crippen molar-refractivity contribution in [2.45, 2.75) is 19.9 Å². The van der Waals surface area contributed by atoms with E-state index in [9.17, 15) is 14.0 Å². The molecule has 0 saturated carbocycles. The molecule has 0 bridgehead atoms. The summed E-state index contributed by atoms with van der Waals surface area (Å²) in [6, 6.07) is 16.3. The van der Waals surface area contributed by atoms with Gasteiger partial charge in [0.2, 0.25) is 11.3 Å². The molecule has 0 aliphatic rings. The molecule has 6 aromatic rings. The second kappa shape index (κ2) is 12.6. The van der Waals surface area contributed by atoms with Gasteiger partial charge in [-0.25, -0.2) is 13.8 Å². The molecule has 4 heterocycles. The Morgan fingerprint density at radius 2 is 1.72 bits per heavy atom. The van der Waals surface area contributed by atoms with E-state index in [1.54, 1.807) is 41.4 Å². The van der Waals surface area contributed by atoms with Crippen LogP contribution in [-0.2, 0) is 0 Å². The van der Waals surface area contributed by atoms with Gasteiger partial charge in [-0.3, -0.25) is 19.6 Å². The van der Waals surface area contributed by atoms with E-state index < -0.39 is 23.0 Å². The van der Waals surface area contributed by atoms with Crippen LogP contribution < -0.4 is 20.2 Å². The number of aromatic nitrogens is 4. The van der Waals surface area contributed by atoms with Crippen LogP contribution in [0.15, 0.2) is 103 Å². The Kier molecular flexibility index (Phi) is 8.21. The minimum absolute atomic E-state index is 0.0825. The first-order valence-electron chi connectivity index (χ1n) is 14.3. The van der Waals surface area contributed by atoms with Crippen LogP contribution in [0, 0.1) is 11.6 Å². The van der Waals surface area contributed by atoms with Gasteiger partial charge in [0.1, 0.15) is 16.9 Å². The summed E-state index contributed by atoms with van der Waals surface area (Å²) in [6.45, 7) is 3.79. The highest BCUT2D eigenvalue weighted by Crippen LogP contribution is 2.36. The van der Waals surface area contributed by atoms with E-state index >= 15 is 4.39 Å². The molecular formula is C35H27F2N5O4. The summed E-state index contributed by atoms with van der Waals surface area (Å²) in [5.41, 5.74) is 2.44. The monoisotopic (exact) mass is 619 g/mol. The summed E-state index contributed by atoms with van der Waals surface area (Å²) >= 11 is 0. The molecule has 2 aromatic carbocycles. The highest BCUT2D eigenvalue weighted by Gasteiger charge is 2.19. The van der Waals surface area contributed by atoms with E-state index in [1.807, 2.05) is 19.9 Å². The minimum Gasteiger partial charge on any atom is -0.481 e. The predicted octanol–water partition coefficient (Wildman–Crippen LogP) is 7.43. The van der Waals surface area contributed by atoms with Crippen molar-refractivity contribution in [1.82, 2.24) is 19.5 Å². The number of rotatable bonds is 8. The first kappa shape index (κ1) is 30.1. The molecule has 230 valence electrons. The predicted molar refractivity (Wildman–Crippen MR) is 170 cm³/mol. The van der Waals surface area contributed by atoms with E-state index in [0.29, 0.717) is 28.0 Å². The van der Waals surface area contributed by atoms with Crippen LogP contribution in [-0.4, -0.2) is 32.5 Å². The van der Waals surface area contributed by atoms with Gasteiger partial charge in [-0.05, 0) is 55.8 Å². The van der Waals surface area contributed by atoms with Gasteiger partial charge in [0.25, 0.3) is 5.91 Å². The zero-order valence-electron chi connectivity index (χ0n) is 25.0. The third-order valence-electron chi connectivity index (χ3n) is 7.26. The molecule has 1 N–H and O–H groups in total. The smallest absolute Gasteiger partial charge is 0.261 e. The number of benzene rings is 2. The molecule has 0 aliphatic carbocycles. The van der Waals surface area contributed by atoms with Gasteiger partial charge < -0.3 is 19.4 Å². The van der Waals surface area contributed by atoms with Gasteiger partial charge in [0, 0.05) is 71.5 Å². The third kappa shape index (κ3) is 6.03. The van der Waals surface area contributed by atoms with E-state index in [2.05, 4.69) is 20.3 Å². The summed E-state index contributed by atoms with van der Waals surface area (Å²) in [5, 5.41) is 2.60. The number of methoxy groups -OCH3 is 1. The number of ether oxygens (including phenoxy) is 2. The summed E-state index contributed by atoms with van der Waals surface area (Å²) in [7, 11) is 1.49. The lowest BCUT2D eigenvalue weighted by Crippen LogP contribution is -2.25. The molecule has 0 atom stereocenters. The number of amides is 1. The maximum atomic E-state index is 15.3. The number of fused-ring (bicyclic) bond motifs is 1. The second-order valence-electron chi connectivity index (χ2n) is 10.6. The Hall–Kier alpha value is -5.97. The van der Waals surface area contributed by atoms with Gasteiger partial charge >= 0.3 is 0 Å². The number of carbonyl (C=O) groups excluding carboxylic acids is 1. The summed E-state index contributed by atoms with van der Waals surface area (Å²) < 4.78 is 42.0. The number of hydrogen-bond donors (Lipinski definition) is 1. The van der Waals surface area contributed by atoms with Gasteiger partial charge in [-0.2, -0.15) is 0 Å². The molecule has 11 heteroatoms. The molecular weight excluding hydrogens is 592 g/mol. The van der Waals surface area contributed by atoms with Crippen LogP contribution in [0.5, 0.6) is 17.4 Å². The maximum absolute atomic E-state index is 15.3. The van der Waals surface area contributed by atoms with Crippen molar-refractivity contribution >= 4 is 22.6 Å². The molecule has 0 aliphatic heterocycles. The molecule has 4 aromatic heterocycles. The fourth-order valence-corrected chi connectivity index (χ4v) is 4.87. The van der Waals surface area contributed by atoms with E-state index in [-0.39, 0.29) is 34.4 Å². The Balaban J connectivity index is 1.28. The Bertz CT molecular complexity index is 2140. The average molecular weight is 620 g/mol. The van der Waals surface area contributed by atoms with Gasteiger partial charge in [-0.15, -0.1) is 0 Å². The van der Waals surface area contributed by atoms with Gasteiger partial charge in [0.15, 0.2) is 17.3 Å². The van der Waals surface area contributed by atoms with Crippen LogP contribution in [0.25, 0.3) is 33.3 Å². The van der Waals surface area contributed by atoms with Crippen molar-refractivity contribution < 1.29 is 23.0 Å². The normalized spacial score (nSPS) is 11.1. The number of nitrogens with zero attached hydrogens (tertiary/aromatic N) is 4. The second-order valence-corrected chi connectivity index (χ2v) is 10.6. The molecule has 0 unspecified atom stereocenters. The van der Waals surface area contributed by atoms with E-state index in [0.717, 1.165) is 11.6 Å². The third-order valence-corrected chi connectivity index (χ3v) is 7.26. The minimum atomic E-state index is -0.763.